The molecule has 2 rings (SSSR count). The van der Waals surface area contributed by atoms with E-state index in [2.05, 4.69) is 20.7 Å². The van der Waals surface area contributed by atoms with Crippen LogP contribution in [0.2, 0.25) is 0 Å². The summed E-state index contributed by atoms with van der Waals surface area (Å²) in [5.74, 6) is 7.86. The van der Waals surface area contributed by atoms with E-state index in [4.69, 9.17) is 10.6 Å². The first-order valence-corrected chi connectivity index (χ1v) is 5.99. The fourth-order valence-electron chi connectivity index (χ4n) is 1.63. The van der Waals surface area contributed by atoms with Crippen molar-refractivity contribution < 1.29 is 9.84 Å². The number of hydrazine groups is 1. The van der Waals surface area contributed by atoms with Crippen LogP contribution in [0.3, 0.4) is 0 Å². The number of hydrogen-bond donors (Lipinski definition) is 4. The van der Waals surface area contributed by atoms with E-state index in [0.29, 0.717) is 24.1 Å². The second kappa shape index (κ2) is 5.94. The molecule has 100 valence electrons. The van der Waals surface area contributed by atoms with Gasteiger partial charge in [0.1, 0.15) is 17.5 Å². The van der Waals surface area contributed by atoms with Crippen molar-refractivity contribution in [1.82, 2.24) is 9.97 Å². The molecule has 18 heavy (non-hydrogen) atoms. The van der Waals surface area contributed by atoms with Crippen LogP contribution >= 0.6 is 0 Å². The van der Waals surface area contributed by atoms with Gasteiger partial charge in [-0.05, 0) is 12.8 Å². The Balaban J connectivity index is 2.00. The number of hydrogen-bond acceptors (Lipinski definition) is 7. The van der Waals surface area contributed by atoms with E-state index >= 15 is 0 Å². The van der Waals surface area contributed by atoms with E-state index in [0.717, 1.165) is 18.7 Å². The molecule has 1 atom stereocenters. The summed E-state index contributed by atoms with van der Waals surface area (Å²) in [6.45, 7) is 0.661. The summed E-state index contributed by atoms with van der Waals surface area (Å²) >= 11 is 0. The number of anilines is 2. The van der Waals surface area contributed by atoms with Crippen molar-refractivity contribution in [2.24, 2.45) is 5.84 Å². The van der Waals surface area contributed by atoms with Crippen LogP contribution in [0, 0.1) is 0 Å². The molecule has 0 radical (unpaired) electrons. The van der Waals surface area contributed by atoms with E-state index in [-0.39, 0.29) is 6.61 Å². The smallest absolute Gasteiger partial charge is 0.145 e. The van der Waals surface area contributed by atoms with Crippen LogP contribution in [0.25, 0.3) is 0 Å². The molecule has 7 nitrogen and oxygen atoms in total. The van der Waals surface area contributed by atoms with Crippen LogP contribution in [-0.2, 0) is 4.74 Å². The molecule has 7 heteroatoms. The molecule has 1 aromatic heterocycles. The monoisotopic (exact) mass is 253 g/mol. The minimum atomic E-state index is -0.566. The largest absolute Gasteiger partial charge is 0.389 e. The molecule has 1 aliphatic rings. The first kappa shape index (κ1) is 13.0. The summed E-state index contributed by atoms with van der Waals surface area (Å²) in [6, 6.07) is 1.71. The molecule has 1 aromatic rings. The quantitative estimate of drug-likeness (QED) is 0.402. The maximum atomic E-state index is 9.56. The van der Waals surface area contributed by atoms with Crippen molar-refractivity contribution in [2.45, 2.75) is 24.9 Å². The van der Waals surface area contributed by atoms with Gasteiger partial charge in [0, 0.05) is 25.6 Å². The molecule has 1 saturated carbocycles. The molecule has 0 amide bonds. The normalized spacial score (nSPS) is 16.4. The Morgan fingerprint density at radius 1 is 1.50 bits per heavy atom. The number of aromatic nitrogens is 2. The van der Waals surface area contributed by atoms with Crippen molar-refractivity contribution in [2.75, 3.05) is 31.0 Å². The number of nitrogen functional groups attached to an aromatic ring is 1. The summed E-state index contributed by atoms with van der Waals surface area (Å²) in [5.41, 5.74) is 2.52. The highest BCUT2D eigenvalue weighted by molar-refractivity contribution is 5.47. The number of nitrogens with zero attached hydrogens (tertiary/aromatic N) is 2. The van der Waals surface area contributed by atoms with Gasteiger partial charge in [0.2, 0.25) is 0 Å². The number of aliphatic hydroxyl groups is 1. The SMILES string of the molecule is COCC(O)CNc1cc(NN)nc(C2CC2)n1. The fourth-order valence-corrected chi connectivity index (χ4v) is 1.63. The van der Waals surface area contributed by atoms with Crippen molar-refractivity contribution in [3.63, 3.8) is 0 Å². The van der Waals surface area contributed by atoms with Crippen molar-refractivity contribution in [3.05, 3.63) is 11.9 Å². The number of ether oxygens (including phenoxy) is 1. The predicted molar refractivity (Wildman–Crippen MR) is 68.2 cm³/mol. The standard InChI is InChI=1S/C11H19N5O2/c1-18-6-8(17)5-13-9-4-10(16-12)15-11(14-9)7-2-3-7/h4,7-8,17H,2-3,5-6,12H2,1H3,(H2,13,14,15,16). The zero-order chi connectivity index (χ0) is 13.0. The van der Waals surface area contributed by atoms with Crippen LogP contribution in [0.5, 0.6) is 0 Å². The van der Waals surface area contributed by atoms with Gasteiger partial charge in [-0.2, -0.15) is 0 Å². The molecule has 1 aliphatic carbocycles. The third-order valence-corrected chi connectivity index (χ3v) is 2.71. The van der Waals surface area contributed by atoms with Crippen LogP contribution in [-0.4, -0.2) is 41.4 Å². The molecule has 5 N–H and O–H groups in total. The van der Waals surface area contributed by atoms with Gasteiger partial charge < -0.3 is 20.6 Å². The Morgan fingerprint density at radius 2 is 2.22 bits per heavy atom. The minimum Gasteiger partial charge on any atom is -0.389 e. The lowest BCUT2D eigenvalue weighted by atomic mass is 10.3. The topological polar surface area (TPSA) is 105 Å². The average Bonchev–Trinajstić information content (AvgIpc) is 3.20. The van der Waals surface area contributed by atoms with E-state index < -0.39 is 6.10 Å². The van der Waals surface area contributed by atoms with Gasteiger partial charge in [0.05, 0.1) is 12.7 Å². The van der Waals surface area contributed by atoms with E-state index in [1.54, 1.807) is 13.2 Å². The van der Waals surface area contributed by atoms with E-state index in [1.165, 1.54) is 0 Å². The predicted octanol–water partition coefficient (Wildman–Crippen LogP) is 0.0588. The van der Waals surface area contributed by atoms with Gasteiger partial charge >= 0.3 is 0 Å². The Bertz CT molecular complexity index is 397. The van der Waals surface area contributed by atoms with Gasteiger partial charge in [-0.25, -0.2) is 15.8 Å². The molecular weight excluding hydrogens is 234 g/mol. The highest BCUT2D eigenvalue weighted by atomic mass is 16.5. The van der Waals surface area contributed by atoms with Crippen LogP contribution in [0.1, 0.15) is 24.6 Å². The molecule has 0 bridgehead atoms. The second-order valence-electron chi connectivity index (χ2n) is 4.41. The molecule has 0 saturated heterocycles. The summed E-state index contributed by atoms with van der Waals surface area (Å²) in [5, 5.41) is 12.6. The highest BCUT2D eigenvalue weighted by Crippen LogP contribution is 2.38. The Kier molecular flexibility index (Phi) is 4.29. The maximum absolute atomic E-state index is 9.56. The van der Waals surface area contributed by atoms with Crippen molar-refractivity contribution >= 4 is 11.6 Å². The summed E-state index contributed by atoms with van der Waals surface area (Å²) < 4.78 is 4.85. The van der Waals surface area contributed by atoms with E-state index in [9.17, 15) is 5.11 Å². The van der Waals surface area contributed by atoms with Gasteiger partial charge in [-0.1, -0.05) is 0 Å². The minimum absolute atomic E-state index is 0.287. The lowest BCUT2D eigenvalue weighted by Gasteiger charge is -2.12. The number of nitrogens with one attached hydrogen (secondary N) is 2. The van der Waals surface area contributed by atoms with Gasteiger partial charge in [-0.3, -0.25) is 0 Å². The van der Waals surface area contributed by atoms with E-state index in [1.807, 2.05) is 0 Å². The van der Waals surface area contributed by atoms with Gasteiger partial charge in [0.15, 0.2) is 0 Å². The lowest BCUT2D eigenvalue weighted by molar-refractivity contribution is 0.0727. The molecule has 1 unspecified atom stereocenters. The highest BCUT2D eigenvalue weighted by Gasteiger charge is 2.27. The molecular formula is C11H19N5O2. The van der Waals surface area contributed by atoms with Gasteiger partial charge in [0.25, 0.3) is 0 Å². The average molecular weight is 253 g/mol. The number of methoxy groups -OCH3 is 1. The zero-order valence-corrected chi connectivity index (χ0v) is 10.4. The Hall–Kier alpha value is -1.44. The first-order chi connectivity index (χ1) is 8.72. The third kappa shape index (κ3) is 3.52. The molecule has 0 spiro atoms. The zero-order valence-electron chi connectivity index (χ0n) is 10.4. The Labute approximate surface area is 106 Å². The van der Waals surface area contributed by atoms with Crippen molar-refractivity contribution in [1.29, 1.82) is 0 Å². The summed E-state index contributed by atoms with van der Waals surface area (Å²) in [7, 11) is 1.55. The second-order valence-corrected chi connectivity index (χ2v) is 4.41. The van der Waals surface area contributed by atoms with Crippen LogP contribution < -0.4 is 16.6 Å². The Morgan fingerprint density at radius 3 is 2.83 bits per heavy atom. The number of rotatable bonds is 7. The lowest BCUT2D eigenvalue weighted by Crippen LogP contribution is -2.24. The molecule has 1 heterocycles. The molecule has 1 fully saturated rings. The van der Waals surface area contributed by atoms with Crippen LogP contribution in [0.15, 0.2) is 6.07 Å². The summed E-state index contributed by atoms with van der Waals surface area (Å²) in [4.78, 5) is 8.71. The fraction of sp³-hybridized carbons (Fsp3) is 0.636. The molecule has 0 aromatic carbocycles. The summed E-state index contributed by atoms with van der Waals surface area (Å²) in [6.07, 6.45) is 1.68. The first-order valence-electron chi connectivity index (χ1n) is 5.99. The number of aliphatic hydroxyl groups excluding tert-OH is 1. The van der Waals surface area contributed by atoms with Crippen molar-refractivity contribution in [3.8, 4) is 0 Å². The maximum Gasteiger partial charge on any atom is 0.145 e. The third-order valence-electron chi connectivity index (χ3n) is 2.71. The van der Waals surface area contributed by atoms with Crippen LogP contribution in [0.4, 0.5) is 11.6 Å². The van der Waals surface area contributed by atoms with Gasteiger partial charge in [-0.15, -0.1) is 0 Å². The molecule has 0 aliphatic heterocycles. The number of nitrogens with two attached hydrogens (primary N) is 1.